The summed E-state index contributed by atoms with van der Waals surface area (Å²) >= 11 is 3.40. The summed E-state index contributed by atoms with van der Waals surface area (Å²) in [6, 6.07) is 11.1. The highest BCUT2D eigenvalue weighted by Gasteiger charge is 2.20. The third kappa shape index (κ3) is 3.63. The first-order valence-electron chi connectivity index (χ1n) is 6.88. The molecular formula is C17H20BrFN2. The summed E-state index contributed by atoms with van der Waals surface area (Å²) in [7, 11) is 1.95. The van der Waals surface area contributed by atoms with Crippen LogP contribution in [0.3, 0.4) is 0 Å². The van der Waals surface area contributed by atoms with Gasteiger partial charge in [-0.25, -0.2) is 4.39 Å². The van der Waals surface area contributed by atoms with E-state index >= 15 is 0 Å². The van der Waals surface area contributed by atoms with Gasteiger partial charge in [-0.1, -0.05) is 22.0 Å². The zero-order valence-electron chi connectivity index (χ0n) is 12.5. The Hall–Kier alpha value is -1.39. The molecule has 0 saturated carbocycles. The minimum Gasteiger partial charge on any atom is -0.366 e. The van der Waals surface area contributed by atoms with Crippen molar-refractivity contribution in [3.63, 3.8) is 0 Å². The molecule has 2 nitrogen and oxygen atoms in total. The van der Waals surface area contributed by atoms with E-state index in [0.29, 0.717) is 12.1 Å². The van der Waals surface area contributed by atoms with E-state index in [-0.39, 0.29) is 11.9 Å². The van der Waals surface area contributed by atoms with Crippen LogP contribution in [0.4, 0.5) is 10.1 Å². The molecule has 0 saturated heterocycles. The molecule has 1 unspecified atom stereocenters. The zero-order chi connectivity index (χ0) is 15.6. The summed E-state index contributed by atoms with van der Waals surface area (Å²) in [6.07, 6.45) is 0. The fourth-order valence-electron chi connectivity index (χ4n) is 2.60. The Morgan fingerprint density at radius 3 is 2.33 bits per heavy atom. The van der Waals surface area contributed by atoms with Crippen molar-refractivity contribution >= 4 is 21.6 Å². The van der Waals surface area contributed by atoms with Crippen molar-refractivity contribution in [2.24, 2.45) is 5.73 Å². The molecule has 2 N–H and O–H groups in total. The molecule has 0 aliphatic carbocycles. The minimum absolute atomic E-state index is 0.205. The zero-order valence-corrected chi connectivity index (χ0v) is 14.1. The Morgan fingerprint density at radius 2 is 1.76 bits per heavy atom. The lowest BCUT2D eigenvalue weighted by atomic mass is 10.0. The van der Waals surface area contributed by atoms with Crippen LogP contribution in [-0.4, -0.2) is 13.6 Å². The predicted octanol–water partition coefficient (Wildman–Crippen LogP) is 4.34. The maximum absolute atomic E-state index is 14.1. The highest BCUT2D eigenvalue weighted by molar-refractivity contribution is 9.10. The maximum atomic E-state index is 14.1. The molecule has 0 spiro atoms. The average molecular weight is 351 g/mol. The first kappa shape index (κ1) is 16.0. The number of anilines is 1. The Balaban J connectivity index is 2.42. The molecule has 0 aromatic heterocycles. The Morgan fingerprint density at radius 1 is 1.14 bits per heavy atom. The van der Waals surface area contributed by atoms with E-state index in [4.69, 9.17) is 5.73 Å². The summed E-state index contributed by atoms with van der Waals surface area (Å²) in [5, 5.41) is 0. The lowest BCUT2D eigenvalue weighted by Gasteiger charge is -2.30. The van der Waals surface area contributed by atoms with Gasteiger partial charge >= 0.3 is 0 Å². The predicted molar refractivity (Wildman–Crippen MR) is 90.2 cm³/mol. The Bertz CT molecular complexity index is 622. The van der Waals surface area contributed by atoms with Crippen LogP contribution in [0.5, 0.6) is 0 Å². The van der Waals surface area contributed by atoms with Gasteiger partial charge in [0.15, 0.2) is 0 Å². The van der Waals surface area contributed by atoms with Gasteiger partial charge in [-0.3, -0.25) is 0 Å². The topological polar surface area (TPSA) is 29.3 Å². The van der Waals surface area contributed by atoms with Crippen molar-refractivity contribution in [2.45, 2.75) is 19.9 Å². The number of hydrogen-bond donors (Lipinski definition) is 1. The number of likely N-dealkylation sites (N-methyl/N-ethyl adjacent to an activating group) is 1. The molecule has 0 aliphatic heterocycles. The van der Waals surface area contributed by atoms with Crippen LogP contribution >= 0.6 is 15.9 Å². The van der Waals surface area contributed by atoms with Crippen LogP contribution < -0.4 is 10.6 Å². The lowest BCUT2D eigenvalue weighted by Crippen LogP contribution is -2.31. The van der Waals surface area contributed by atoms with E-state index in [1.165, 1.54) is 17.2 Å². The van der Waals surface area contributed by atoms with Gasteiger partial charge in [-0.15, -0.1) is 0 Å². The second-order valence-electron chi connectivity index (χ2n) is 5.37. The Kier molecular flexibility index (Phi) is 5.01. The molecule has 0 fully saturated rings. The van der Waals surface area contributed by atoms with Gasteiger partial charge < -0.3 is 10.6 Å². The molecular weight excluding hydrogens is 331 g/mol. The molecule has 1 atom stereocenters. The first-order valence-corrected chi connectivity index (χ1v) is 7.68. The molecule has 0 amide bonds. The summed E-state index contributed by atoms with van der Waals surface area (Å²) < 4.78 is 15.0. The number of benzene rings is 2. The second-order valence-corrected chi connectivity index (χ2v) is 6.29. The molecule has 2 rings (SSSR count). The van der Waals surface area contributed by atoms with E-state index in [0.717, 1.165) is 10.2 Å². The van der Waals surface area contributed by atoms with Crippen molar-refractivity contribution in [3.8, 4) is 0 Å². The highest BCUT2D eigenvalue weighted by atomic mass is 79.9. The molecule has 112 valence electrons. The molecule has 0 radical (unpaired) electrons. The molecule has 0 heterocycles. The van der Waals surface area contributed by atoms with E-state index in [1.54, 1.807) is 12.1 Å². The third-order valence-corrected chi connectivity index (χ3v) is 4.11. The number of halogens is 2. The SMILES string of the molecule is Cc1cc(C)cc(N(C)C(CN)c2cc(Br)ccc2F)c1. The monoisotopic (exact) mass is 350 g/mol. The second kappa shape index (κ2) is 6.58. The third-order valence-electron chi connectivity index (χ3n) is 3.62. The lowest BCUT2D eigenvalue weighted by molar-refractivity contribution is 0.572. The number of hydrogen-bond acceptors (Lipinski definition) is 2. The van der Waals surface area contributed by atoms with E-state index in [9.17, 15) is 4.39 Å². The maximum Gasteiger partial charge on any atom is 0.128 e. The van der Waals surface area contributed by atoms with Crippen LogP contribution in [0.2, 0.25) is 0 Å². The van der Waals surface area contributed by atoms with Gasteiger partial charge in [-0.2, -0.15) is 0 Å². The molecule has 0 aliphatic rings. The molecule has 21 heavy (non-hydrogen) atoms. The fraction of sp³-hybridized carbons (Fsp3) is 0.294. The van der Waals surface area contributed by atoms with Gasteiger partial charge in [0.05, 0.1) is 6.04 Å². The first-order chi connectivity index (χ1) is 9.92. The highest BCUT2D eigenvalue weighted by Crippen LogP contribution is 2.29. The van der Waals surface area contributed by atoms with Gasteiger partial charge in [0.1, 0.15) is 5.82 Å². The molecule has 2 aromatic rings. The van der Waals surface area contributed by atoms with Crippen molar-refractivity contribution < 1.29 is 4.39 Å². The summed E-state index contributed by atoms with van der Waals surface area (Å²) in [5.41, 5.74) is 9.93. The summed E-state index contributed by atoms with van der Waals surface area (Å²) in [6.45, 7) is 4.46. The standard InChI is InChI=1S/C17H20BrFN2/c1-11-6-12(2)8-14(7-11)21(3)17(10-20)15-9-13(18)4-5-16(15)19/h4-9,17H,10,20H2,1-3H3. The summed E-state index contributed by atoms with van der Waals surface area (Å²) in [4.78, 5) is 2.03. The van der Waals surface area contributed by atoms with Crippen molar-refractivity contribution in [3.05, 3.63) is 63.4 Å². The minimum atomic E-state index is -0.232. The van der Waals surface area contributed by atoms with E-state index < -0.39 is 0 Å². The number of rotatable bonds is 4. The Labute approximate surface area is 133 Å². The molecule has 2 aromatic carbocycles. The van der Waals surface area contributed by atoms with E-state index in [2.05, 4.69) is 48.0 Å². The normalized spacial score (nSPS) is 12.3. The van der Waals surface area contributed by atoms with Crippen LogP contribution in [0.15, 0.2) is 40.9 Å². The van der Waals surface area contributed by atoms with Gasteiger partial charge in [0.2, 0.25) is 0 Å². The van der Waals surface area contributed by atoms with Gasteiger partial charge in [0.25, 0.3) is 0 Å². The number of aryl methyl sites for hydroxylation is 2. The van der Waals surface area contributed by atoms with Crippen molar-refractivity contribution in [1.29, 1.82) is 0 Å². The van der Waals surface area contributed by atoms with Crippen LogP contribution in [0.25, 0.3) is 0 Å². The quantitative estimate of drug-likeness (QED) is 0.888. The molecule has 4 heteroatoms. The average Bonchev–Trinajstić information content (AvgIpc) is 2.42. The van der Waals surface area contributed by atoms with Crippen LogP contribution in [0.1, 0.15) is 22.7 Å². The van der Waals surface area contributed by atoms with E-state index in [1.807, 2.05) is 11.9 Å². The fourth-order valence-corrected chi connectivity index (χ4v) is 2.98. The number of nitrogens with two attached hydrogens (primary N) is 1. The smallest absolute Gasteiger partial charge is 0.128 e. The van der Waals surface area contributed by atoms with Gasteiger partial charge in [0, 0.05) is 29.3 Å². The largest absolute Gasteiger partial charge is 0.366 e. The number of nitrogens with zero attached hydrogens (tertiary/aromatic N) is 1. The molecule has 0 bridgehead atoms. The summed E-state index contributed by atoms with van der Waals surface area (Å²) in [5.74, 6) is -0.232. The van der Waals surface area contributed by atoms with Crippen molar-refractivity contribution in [1.82, 2.24) is 0 Å². The van der Waals surface area contributed by atoms with Crippen molar-refractivity contribution in [2.75, 3.05) is 18.5 Å². The van der Waals surface area contributed by atoms with Crippen LogP contribution in [0, 0.1) is 19.7 Å². The van der Waals surface area contributed by atoms with Crippen LogP contribution in [-0.2, 0) is 0 Å². The van der Waals surface area contributed by atoms with Gasteiger partial charge in [-0.05, 0) is 55.3 Å².